The molecule has 0 amide bonds. The van der Waals surface area contributed by atoms with E-state index in [9.17, 15) is 15.1 Å². The van der Waals surface area contributed by atoms with Crippen molar-refractivity contribution in [2.45, 2.75) is 66.4 Å². The Hall–Kier alpha value is -2.59. The summed E-state index contributed by atoms with van der Waals surface area (Å²) in [6, 6.07) is 7.12. The fourth-order valence-corrected chi connectivity index (χ4v) is 3.51. The summed E-state index contributed by atoms with van der Waals surface area (Å²) >= 11 is 0. The maximum Gasteiger partial charge on any atom is 0.193 e. The number of hydrogen-bond donors (Lipinski definition) is 2. The molecule has 0 spiro atoms. The molecule has 1 aromatic carbocycles. The Morgan fingerprint density at radius 1 is 1.10 bits per heavy atom. The summed E-state index contributed by atoms with van der Waals surface area (Å²) in [5, 5.41) is 20.9. The molecular formula is C25H33NO3. The number of rotatable bonds is 8. The zero-order valence-electron chi connectivity index (χ0n) is 18.2. The Labute approximate surface area is 173 Å². The molecule has 29 heavy (non-hydrogen) atoms. The maximum atomic E-state index is 12.8. The van der Waals surface area contributed by atoms with Crippen LogP contribution in [0.5, 0.6) is 0 Å². The molecule has 0 aliphatic carbocycles. The fourth-order valence-electron chi connectivity index (χ4n) is 3.51. The van der Waals surface area contributed by atoms with Gasteiger partial charge in [-0.3, -0.25) is 4.79 Å². The Balaban J connectivity index is 2.04. The molecule has 0 bridgehead atoms. The zero-order chi connectivity index (χ0) is 21.6. The minimum absolute atomic E-state index is 0.0172. The molecule has 0 saturated heterocycles. The third-order valence-corrected chi connectivity index (χ3v) is 5.15. The maximum absolute atomic E-state index is 12.8. The quantitative estimate of drug-likeness (QED) is 0.459. The molecule has 156 valence electrons. The summed E-state index contributed by atoms with van der Waals surface area (Å²) in [6.45, 7) is 9.85. The van der Waals surface area contributed by atoms with Gasteiger partial charge in [-0.2, -0.15) is 4.73 Å². The van der Waals surface area contributed by atoms with Crippen LogP contribution in [0.15, 0.2) is 64.0 Å². The van der Waals surface area contributed by atoms with Crippen LogP contribution in [0.2, 0.25) is 0 Å². The Morgan fingerprint density at radius 3 is 2.48 bits per heavy atom. The van der Waals surface area contributed by atoms with Gasteiger partial charge in [-0.15, -0.1) is 0 Å². The van der Waals surface area contributed by atoms with Gasteiger partial charge in [0.2, 0.25) is 0 Å². The van der Waals surface area contributed by atoms with E-state index < -0.39 is 6.10 Å². The lowest BCUT2D eigenvalue weighted by molar-refractivity contribution is 0.190. The lowest BCUT2D eigenvalue weighted by Gasteiger charge is -2.12. The highest BCUT2D eigenvalue weighted by molar-refractivity contribution is 5.79. The summed E-state index contributed by atoms with van der Waals surface area (Å²) in [7, 11) is 0. The molecule has 4 nitrogen and oxygen atoms in total. The molecule has 2 aromatic rings. The summed E-state index contributed by atoms with van der Waals surface area (Å²) in [5.74, 6) is 0. The lowest BCUT2D eigenvalue weighted by atomic mass is 10.0. The molecule has 0 fully saturated rings. The first-order chi connectivity index (χ1) is 13.7. The first kappa shape index (κ1) is 22.7. The summed E-state index contributed by atoms with van der Waals surface area (Å²) < 4.78 is 1.11. The normalized spacial score (nSPS) is 13.6. The smallest absolute Gasteiger partial charge is 0.193 e. The van der Waals surface area contributed by atoms with Crippen molar-refractivity contribution in [3.05, 3.63) is 80.7 Å². The van der Waals surface area contributed by atoms with Crippen LogP contribution in [0.4, 0.5) is 0 Å². The van der Waals surface area contributed by atoms with Crippen molar-refractivity contribution in [2.24, 2.45) is 0 Å². The van der Waals surface area contributed by atoms with Crippen LogP contribution in [0.1, 0.15) is 58.2 Å². The number of aliphatic hydroxyl groups excluding tert-OH is 1. The van der Waals surface area contributed by atoms with Gasteiger partial charge in [0.05, 0.1) is 17.3 Å². The van der Waals surface area contributed by atoms with E-state index in [2.05, 4.69) is 19.1 Å². The molecule has 2 N–H and O–H groups in total. The third kappa shape index (κ3) is 6.20. The van der Waals surface area contributed by atoms with Gasteiger partial charge in [-0.05, 0) is 72.4 Å². The van der Waals surface area contributed by atoms with Gasteiger partial charge >= 0.3 is 0 Å². The van der Waals surface area contributed by atoms with Crippen LogP contribution in [0, 0.1) is 6.92 Å². The van der Waals surface area contributed by atoms with E-state index in [1.54, 1.807) is 19.1 Å². The number of benzene rings is 1. The van der Waals surface area contributed by atoms with Crippen molar-refractivity contribution in [3.8, 4) is 0 Å². The molecule has 0 aliphatic rings. The number of nitrogens with zero attached hydrogens (tertiary/aromatic N) is 1. The second-order valence-corrected chi connectivity index (χ2v) is 8.08. The lowest BCUT2D eigenvalue weighted by Crippen LogP contribution is -2.17. The third-order valence-electron chi connectivity index (χ3n) is 5.15. The van der Waals surface area contributed by atoms with Crippen molar-refractivity contribution in [2.75, 3.05) is 0 Å². The highest BCUT2D eigenvalue weighted by atomic mass is 16.5. The average molecular weight is 396 g/mol. The van der Waals surface area contributed by atoms with Gasteiger partial charge < -0.3 is 10.3 Å². The first-order valence-corrected chi connectivity index (χ1v) is 10.2. The number of para-hydroxylation sites is 1. The predicted molar refractivity (Wildman–Crippen MR) is 121 cm³/mol. The predicted octanol–water partition coefficient (Wildman–Crippen LogP) is 5.48. The number of fused-ring (bicyclic) bond motifs is 1. The number of hydrogen-bond acceptors (Lipinski definition) is 3. The van der Waals surface area contributed by atoms with Crippen LogP contribution >= 0.6 is 0 Å². The Bertz CT molecular complexity index is 1000. The molecule has 0 saturated carbocycles. The van der Waals surface area contributed by atoms with E-state index in [0.717, 1.165) is 23.1 Å². The van der Waals surface area contributed by atoms with Gasteiger partial charge in [0.1, 0.15) is 0 Å². The van der Waals surface area contributed by atoms with Gasteiger partial charge in [0.15, 0.2) is 5.43 Å². The van der Waals surface area contributed by atoms with Gasteiger partial charge in [0.25, 0.3) is 0 Å². The fraction of sp³-hybridized carbons (Fsp3) is 0.400. The van der Waals surface area contributed by atoms with Crippen LogP contribution in [0.3, 0.4) is 0 Å². The number of aromatic nitrogens is 1. The van der Waals surface area contributed by atoms with Crippen molar-refractivity contribution in [3.63, 3.8) is 0 Å². The van der Waals surface area contributed by atoms with E-state index >= 15 is 0 Å². The van der Waals surface area contributed by atoms with Crippen molar-refractivity contribution in [1.29, 1.82) is 0 Å². The standard InChI is InChI=1S/C25H33NO3/c1-17(2)15-21(27)16-19(4)10-8-9-18(3)13-14-22-20(5)26(29)24-12-7-6-11-23(24)25(22)28/h6-7,10-13,15,21,27,29H,8-9,14,16H2,1-5H3/b18-13+,19-10+/t21-/m0/s1. The molecule has 0 unspecified atom stereocenters. The van der Waals surface area contributed by atoms with E-state index in [-0.39, 0.29) is 5.43 Å². The van der Waals surface area contributed by atoms with Crippen LogP contribution in [0.25, 0.3) is 10.9 Å². The van der Waals surface area contributed by atoms with Gasteiger partial charge in [-0.1, -0.05) is 47.1 Å². The highest BCUT2D eigenvalue weighted by Crippen LogP contribution is 2.16. The van der Waals surface area contributed by atoms with Crippen LogP contribution in [-0.4, -0.2) is 21.1 Å². The topological polar surface area (TPSA) is 62.5 Å². The van der Waals surface area contributed by atoms with Crippen molar-refractivity contribution < 1.29 is 10.3 Å². The van der Waals surface area contributed by atoms with Crippen LogP contribution in [-0.2, 0) is 6.42 Å². The second kappa shape index (κ2) is 10.3. The second-order valence-electron chi connectivity index (χ2n) is 8.08. The number of allylic oxidation sites excluding steroid dienone is 4. The van der Waals surface area contributed by atoms with E-state index in [1.165, 1.54) is 11.1 Å². The van der Waals surface area contributed by atoms with E-state index in [0.29, 0.717) is 35.0 Å². The summed E-state index contributed by atoms with van der Waals surface area (Å²) in [6.07, 6.45) is 8.64. The largest absolute Gasteiger partial charge is 0.428 e. The van der Waals surface area contributed by atoms with E-state index in [4.69, 9.17) is 0 Å². The molecule has 0 aliphatic heterocycles. The minimum Gasteiger partial charge on any atom is -0.428 e. The minimum atomic E-state index is -0.426. The molecule has 1 atom stereocenters. The molecule has 1 heterocycles. The highest BCUT2D eigenvalue weighted by Gasteiger charge is 2.12. The molecular weight excluding hydrogens is 362 g/mol. The van der Waals surface area contributed by atoms with Gasteiger partial charge in [-0.25, -0.2) is 0 Å². The van der Waals surface area contributed by atoms with E-state index in [1.807, 2.05) is 39.0 Å². The van der Waals surface area contributed by atoms with Crippen molar-refractivity contribution in [1.82, 2.24) is 4.73 Å². The molecule has 1 aromatic heterocycles. The van der Waals surface area contributed by atoms with Gasteiger partial charge in [0, 0.05) is 10.9 Å². The monoisotopic (exact) mass is 395 g/mol. The summed E-state index contributed by atoms with van der Waals surface area (Å²) in [4.78, 5) is 12.8. The Morgan fingerprint density at radius 2 is 1.79 bits per heavy atom. The first-order valence-electron chi connectivity index (χ1n) is 10.2. The number of pyridine rings is 1. The zero-order valence-corrected chi connectivity index (χ0v) is 18.2. The SMILES string of the molecule is CC(C)=C[C@H](O)C/C(C)=C/CC/C(C)=C/Cc1c(C)n(O)c2ccccc2c1=O. The Kier molecular flexibility index (Phi) is 8.03. The molecule has 4 heteroatoms. The number of aliphatic hydroxyl groups is 1. The molecule has 2 rings (SSSR count). The average Bonchev–Trinajstić information content (AvgIpc) is 2.65. The van der Waals surface area contributed by atoms with Crippen molar-refractivity contribution >= 4 is 10.9 Å². The molecule has 0 radical (unpaired) electrons. The van der Waals surface area contributed by atoms with Crippen LogP contribution < -0.4 is 5.43 Å². The summed E-state index contributed by atoms with van der Waals surface area (Å²) in [5.41, 5.74) is 5.23.